The van der Waals surface area contributed by atoms with E-state index in [4.69, 9.17) is 0 Å². The van der Waals surface area contributed by atoms with Crippen LogP contribution >= 0.6 is 0 Å². The molecule has 6 nitrogen and oxygen atoms in total. The minimum atomic E-state index is -0.433. The van der Waals surface area contributed by atoms with Crippen LogP contribution in [0.1, 0.15) is 45.3 Å². The lowest BCUT2D eigenvalue weighted by atomic mass is 10.1. The Balaban J connectivity index is 2.25. The molecule has 1 heterocycles. The maximum Gasteiger partial charge on any atom is 0.275 e. The van der Waals surface area contributed by atoms with Crippen molar-refractivity contribution >= 4 is 5.91 Å². The number of carbonyl (C=O) groups is 1. The van der Waals surface area contributed by atoms with E-state index in [-0.39, 0.29) is 23.1 Å². The summed E-state index contributed by atoms with van der Waals surface area (Å²) in [5, 5.41) is 11.0. The molecule has 2 rings (SSSR count). The highest BCUT2D eigenvalue weighted by molar-refractivity contribution is 5.78. The third kappa shape index (κ3) is 4.03. The highest BCUT2D eigenvalue weighted by Gasteiger charge is 2.21. The standard InChI is InChI=1S/C17H22N4O2/c1-4-11(3)16(22)18-13(5-2)14-17(23)19-15(21-20-14)12-9-7-6-8-10-12/h6-11,13H,4-5H2,1-3H3,(H,18,22)(H,19,21,23). The number of aromatic amines is 1. The molecule has 0 radical (unpaired) electrons. The van der Waals surface area contributed by atoms with E-state index in [9.17, 15) is 9.59 Å². The predicted octanol–water partition coefficient (Wildman–Crippen LogP) is 2.45. The summed E-state index contributed by atoms with van der Waals surface area (Å²) in [6.07, 6.45) is 1.32. The minimum Gasteiger partial charge on any atom is -0.347 e. The first-order valence-corrected chi connectivity index (χ1v) is 7.89. The van der Waals surface area contributed by atoms with Gasteiger partial charge in [0.2, 0.25) is 5.91 Å². The molecule has 0 spiro atoms. The molecule has 23 heavy (non-hydrogen) atoms. The smallest absolute Gasteiger partial charge is 0.275 e. The molecule has 1 aromatic heterocycles. The van der Waals surface area contributed by atoms with Gasteiger partial charge in [0.05, 0.1) is 6.04 Å². The Morgan fingerprint density at radius 2 is 1.87 bits per heavy atom. The van der Waals surface area contributed by atoms with Crippen molar-refractivity contribution in [2.24, 2.45) is 5.92 Å². The molecule has 0 bridgehead atoms. The number of nitrogens with one attached hydrogen (secondary N) is 2. The zero-order valence-electron chi connectivity index (χ0n) is 13.7. The minimum absolute atomic E-state index is 0.0762. The van der Waals surface area contributed by atoms with Crippen LogP contribution in [0.25, 0.3) is 11.4 Å². The maximum atomic E-state index is 12.3. The number of nitrogens with zero attached hydrogens (tertiary/aromatic N) is 2. The van der Waals surface area contributed by atoms with E-state index in [1.54, 1.807) is 0 Å². The average Bonchev–Trinajstić information content (AvgIpc) is 2.59. The summed E-state index contributed by atoms with van der Waals surface area (Å²) < 4.78 is 0. The van der Waals surface area contributed by atoms with Crippen molar-refractivity contribution in [2.45, 2.75) is 39.7 Å². The van der Waals surface area contributed by atoms with E-state index in [1.807, 2.05) is 51.1 Å². The second kappa shape index (κ2) is 7.67. The van der Waals surface area contributed by atoms with Crippen LogP contribution in [0.4, 0.5) is 0 Å². The molecule has 0 fully saturated rings. The van der Waals surface area contributed by atoms with Gasteiger partial charge in [0.15, 0.2) is 11.5 Å². The molecule has 0 aliphatic heterocycles. The van der Waals surface area contributed by atoms with E-state index in [0.29, 0.717) is 12.2 Å². The molecule has 2 atom stereocenters. The maximum absolute atomic E-state index is 12.3. The monoisotopic (exact) mass is 314 g/mol. The third-order valence-corrected chi connectivity index (χ3v) is 3.88. The average molecular weight is 314 g/mol. The van der Waals surface area contributed by atoms with E-state index in [0.717, 1.165) is 12.0 Å². The molecule has 122 valence electrons. The van der Waals surface area contributed by atoms with E-state index >= 15 is 0 Å². The van der Waals surface area contributed by atoms with Gasteiger partial charge in [0.1, 0.15) is 0 Å². The first-order valence-electron chi connectivity index (χ1n) is 7.89. The van der Waals surface area contributed by atoms with Crippen molar-refractivity contribution in [1.29, 1.82) is 0 Å². The van der Waals surface area contributed by atoms with Gasteiger partial charge in [0.25, 0.3) is 5.56 Å². The van der Waals surface area contributed by atoms with Gasteiger partial charge in [-0.3, -0.25) is 9.59 Å². The number of carbonyl (C=O) groups excluding carboxylic acids is 1. The van der Waals surface area contributed by atoms with Gasteiger partial charge in [-0.05, 0) is 12.8 Å². The first-order chi connectivity index (χ1) is 11.1. The Kier molecular flexibility index (Phi) is 5.62. The fraction of sp³-hybridized carbons (Fsp3) is 0.412. The van der Waals surface area contributed by atoms with Crippen LogP contribution in [0, 0.1) is 5.92 Å². The molecule has 2 N–H and O–H groups in total. The number of benzene rings is 1. The Morgan fingerprint density at radius 1 is 1.17 bits per heavy atom. The highest BCUT2D eigenvalue weighted by Crippen LogP contribution is 2.14. The molecule has 0 saturated carbocycles. The van der Waals surface area contributed by atoms with Crippen molar-refractivity contribution in [3.8, 4) is 11.4 Å². The van der Waals surface area contributed by atoms with Crippen LogP contribution in [0.3, 0.4) is 0 Å². The van der Waals surface area contributed by atoms with Crippen molar-refractivity contribution in [2.75, 3.05) is 0 Å². The van der Waals surface area contributed by atoms with Crippen LogP contribution < -0.4 is 10.9 Å². The Hall–Kier alpha value is -2.50. The third-order valence-electron chi connectivity index (χ3n) is 3.88. The zero-order valence-corrected chi connectivity index (χ0v) is 13.7. The molecule has 1 aromatic carbocycles. The summed E-state index contributed by atoms with van der Waals surface area (Å²) >= 11 is 0. The van der Waals surface area contributed by atoms with Gasteiger partial charge >= 0.3 is 0 Å². The fourth-order valence-corrected chi connectivity index (χ4v) is 2.16. The topological polar surface area (TPSA) is 87.7 Å². The molecule has 2 unspecified atom stereocenters. The lowest BCUT2D eigenvalue weighted by Gasteiger charge is -2.18. The summed E-state index contributed by atoms with van der Waals surface area (Å²) in [7, 11) is 0. The second-order valence-corrected chi connectivity index (χ2v) is 5.53. The van der Waals surface area contributed by atoms with Crippen molar-refractivity contribution in [3.63, 3.8) is 0 Å². The number of hydrogen-bond acceptors (Lipinski definition) is 4. The lowest BCUT2D eigenvalue weighted by molar-refractivity contribution is -0.125. The van der Waals surface area contributed by atoms with E-state index in [1.165, 1.54) is 0 Å². The van der Waals surface area contributed by atoms with Crippen molar-refractivity contribution in [3.05, 3.63) is 46.4 Å². The molecule has 0 aliphatic carbocycles. The highest BCUT2D eigenvalue weighted by atomic mass is 16.2. The van der Waals surface area contributed by atoms with Gasteiger partial charge < -0.3 is 10.3 Å². The van der Waals surface area contributed by atoms with E-state index < -0.39 is 6.04 Å². The molecule has 2 aromatic rings. The van der Waals surface area contributed by atoms with Gasteiger partial charge in [-0.15, -0.1) is 10.2 Å². The molecule has 1 amide bonds. The molecular formula is C17H22N4O2. The SMILES string of the molecule is CCC(C)C(=O)NC(CC)c1nnc(-c2ccccc2)[nH]c1=O. The largest absolute Gasteiger partial charge is 0.347 e. The predicted molar refractivity (Wildman–Crippen MR) is 88.7 cm³/mol. The van der Waals surface area contributed by atoms with Crippen LogP contribution in [0.5, 0.6) is 0 Å². The quantitative estimate of drug-likeness (QED) is 0.857. The normalized spacial score (nSPS) is 13.3. The molecule has 0 saturated heterocycles. The van der Waals surface area contributed by atoms with Crippen LogP contribution in [-0.2, 0) is 4.79 Å². The number of H-pyrrole nitrogens is 1. The number of aromatic nitrogens is 3. The first kappa shape index (κ1) is 16.9. The Morgan fingerprint density at radius 3 is 2.43 bits per heavy atom. The summed E-state index contributed by atoms with van der Waals surface area (Å²) in [6.45, 7) is 5.71. The summed E-state index contributed by atoms with van der Waals surface area (Å²) in [5.74, 6) is 0.245. The Bertz CT molecular complexity index is 712. The van der Waals surface area contributed by atoms with Crippen molar-refractivity contribution in [1.82, 2.24) is 20.5 Å². The zero-order chi connectivity index (χ0) is 16.8. The number of amides is 1. The van der Waals surface area contributed by atoms with E-state index in [2.05, 4.69) is 20.5 Å². The lowest BCUT2D eigenvalue weighted by Crippen LogP contribution is -2.36. The molecule has 0 aliphatic rings. The van der Waals surface area contributed by atoms with Crippen LogP contribution in [0.15, 0.2) is 35.1 Å². The fourth-order valence-electron chi connectivity index (χ4n) is 2.16. The summed E-state index contributed by atoms with van der Waals surface area (Å²) in [5.41, 5.74) is 0.708. The van der Waals surface area contributed by atoms with Crippen LogP contribution in [0.2, 0.25) is 0 Å². The van der Waals surface area contributed by atoms with Crippen molar-refractivity contribution < 1.29 is 4.79 Å². The molecular weight excluding hydrogens is 292 g/mol. The van der Waals surface area contributed by atoms with Crippen LogP contribution in [-0.4, -0.2) is 21.1 Å². The Labute approximate surface area is 135 Å². The molecule has 6 heteroatoms. The number of hydrogen-bond donors (Lipinski definition) is 2. The van der Waals surface area contributed by atoms with Gasteiger partial charge in [-0.1, -0.05) is 51.1 Å². The second-order valence-electron chi connectivity index (χ2n) is 5.53. The van der Waals surface area contributed by atoms with Gasteiger partial charge in [0, 0.05) is 11.5 Å². The van der Waals surface area contributed by atoms with Gasteiger partial charge in [-0.2, -0.15) is 0 Å². The summed E-state index contributed by atoms with van der Waals surface area (Å²) in [4.78, 5) is 27.1. The number of rotatable bonds is 6. The van der Waals surface area contributed by atoms with Gasteiger partial charge in [-0.25, -0.2) is 0 Å². The summed E-state index contributed by atoms with van der Waals surface area (Å²) in [6, 6.07) is 8.89.